The van der Waals surface area contributed by atoms with Gasteiger partial charge < -0.3 is 9.47 Å². The van der Waals surface area contributed by atoms with Crippen LogP contribution in [0, 0.1) is 11.8 Å². The van der Waals surface area contributed by atoms with Gasteiger partial charge in [0.15, 0.2) is 0 Å². The predicted molar refractivity (Wildman–Crippen MR) is 108 cm³/mol. The van der Waals surface area contributed by atoms with E-state index in [4.69, 9.17) is 9.47 Å². The Balaban J connectivity index is 1.46. The number of rotatable bonds is 7. The lowest BCUT2D eigenvalue weighted by atomic mass is 10.0. The first kappa shape index (κ1) is 18.7. The van der Waals surface area contributed by atoms with Gasteiger partial charge in [0, 0.05) is 30.0 Å². The molecule has 1 saturated carbocycles. The average molecular weight is 379 g/mol. The van der Waals surface area contributed by atoms with E-state index in [0.717, 1.165) is 23.8 Å². The van der Waals surface area contributed by atoms with Gasteiger partial charge in [0.2, 0.25) is 0 Å². The van der Waals surface area contributed by atoms with E-state index in [2.05, 4.69) is 28.8 Å². The van der Waals surface area contributed by atoms with Crippen LogP contribution in [0.4, 0.5) is 0 Å². The van der Waals surface area contributed by atoms with E-state index < -0.39 is 0 Å². The van der Waals surface area contributed by atoms with Crippen molar-refractivity contribution < 1.29 is 14.3 Å². The maximum Gasteiger partial charge on any atom is 0.338 e. The molecule has 2 heterocycles. The number of nitrogens with zero attached hydrogens (tertiary/aromatic N) is 3. The van der Waals surface area contributed by atoms with Gasteiger partial charge in [-0.3, -0.25) is 9.67 Å². The number of hydrogen-bond donors (Lipinski definition) is 0. The van der Waals surface area contributed by atoms with Crippen LogP contribution >= 0.6 is 0 Å². The first-order valence-corrected chi connectivity index (χ1v) is 9.88. The van der Waals surface area contributed by atoms with E-state index in [1.807, 2.05) is 17.1 Å². The first-order chi connectivity index (χ1) is 13.6. The lowest BCUT2D eigenvalue weighted by Gasteiger charge is -2.22. The molecule has 2 unspecified atom stereocenters. The van der Waals surface area contributed by atoms with Crippen LogP contribution in [-0.2, 0) is 20.8 Å². The van der Waals surface area contributed by atoms with E-state index in [1.54, 1.807) is 25.2 Å². The summed E-state index contributed by atoms with van der Waals surface area (Å²) in [5.41, 5.74) is 5.90. The van der Waals surface area contributed by atoms with Crippen LogP contribution < -0.4 is 0 Å². The zero-order valence-corrected chi connectivity index (χ0v) is 16.3. The van der Waals surface area contributed by atoms with Crippen molar-refractivity contribution >= 4 is 23.8 Å². The van der Waals surface area contributed by atoms with Crippen molar-refractivity contribution in [1.82, 2.24) is 9.78 Å². The standard InChI is InChI=1S/C22H25N3O3/c1-3-27-22(26)18-6-4-5-7-20-19(18)13-25(24-20)12-17-10-15(2)21(11-23-17)28-14-16-8-9-16/h4,6-7,10-11,13,15-16,21H,3,8-9,12,14H2,1-2H3. The summed E-state index contributed by atoms with van der Waals surface area (Å²) in [5.74, 6) is 0.669. The fraction of sp³-hybridized carbons (Fsp3) is 0.455. The molecular formula is C22H25N3O3. The molecule has 146 valence electrons. The van der Waals surface area contributed by atoms with Crippen LogP contribution in [0.1, 0.15) is 37.9 Å². The molecule has 3 aliphatic rings. The van der Waals surface area contributed by atoms with Gasteiger partial charge >= 0.3 is 5.97 Å². The number of fused-ring (bicyclic) bond motifs is 1. The van der Waals surface area contributed by atoms with Gasteiger partial charge in [0.1, 0.15) is 5.69 Å². The highest BCUT2D eigenvalue weighted by atomic mass is 16.5. The van der Waals surface area contributed by atoms with Crippen molar-refractivity contribution in [3.05, 3.63) is 47.1 Å². The molecule has 0 saturated heterocycles. The van der Waals surface area contributed by atoms with E-state index in [1.165, 1.54) is 12.8 Å². The van der Waals surface area contributed by atoms with Crippen molar-refractivity contribution in [1.29, 1.82) is 0 Å². The normalized spacial score (nSPS) is 23.1. The maximum atomic E-state index is 12.3. The molecule has 6 nitrogen and oxygen atoms in total. The Bertz CT molecular complexity index is 911. The summed E-state index contributed by atoms with van der Waals surface area (Å²) < 4.78 is 12.9. The number of carbonyl (C=O) groups is 1. The molecule has 4 rings (SSSR count). The highest BCUT2D eigenvalue weighted by Crippen LogP contribution is 2.30. The molecule has 2 atom stereocenters. The Morgan fingerprint density at radius 1 is 1.39 bits per heavy atom. The highest BCUT2D eigenvalue weighted by Gasteiger charge is 2.26. The summed E-state index contributed by atoms with van der Waals surface area (Å²) >= 11 is 0. The van der Waals surface area contributed by atoms with Gasteiger partial charge in [0.05, 0.1) is 37.1 Å². The predicted octanol–water partition coefficient (Wildman–Crippen LogP) is 3.41. The van der Waals surface area contributed by atoms with Crippen molar-refractivity contribution in [2.75, 3.05) is 13.2 Å². The van der Waals surface area contributed by atoms with Crippen LogP contribution in [0.25, 0.3) is 11.6 Å². The van der Waals surface area contributed by atoms with Crippen LogP contribution in [0.2, 0.25) is 0 Å². The number of allylic oxidation sites excluding steroid dienone is 3. The zero-order chi connectivity index (χ0) is 19.5. The van der Waals surface area contributed by atoms with Gasteiger partial charge in [-0.15, -0.1) is 5.73 Å². The van der Waals surface area contributed by atoms with Crippen LogP contribution in [0.5, 0.6) is 0 Å². The summed E-state index contributed by atoms with van der Waals surface area (Å²) in [4.78, 5) is 16.8. The van der Waals surface area contributed by atoms with E-state index >= 15 is 0 Å². The summed E-state index contributed by atoms with van der Waals surface area (Å²) in [5, 5.41) is 4.59. The van der Waals surface area contributed by atoms with Gasteiger partial charge in [-0.1, -0.05) is 13.0 Å². The molecule has 0 aromatic carbocycles. The first-order valence-electron chi connectivity index (χ1n) is 9.88. The largest absolute Gasteiger partial charge is 0.462 e. The van der Waals surface area contributed by atoms with Crippen LogP contribution in [0.15, 0.2) is 40.8 Å². The number of aromatic nitrogens is 2. The number of carbonyl (C=O) groups excluding carboxylic acids is 1. The van der Waals surface area contributed by atoms with Gasteiger partial charge in [-0.05, 0) is 37.8 Å². The van der Waals surface area contributed by atoms with Gasteiger partial charge in [0.25, 0.3) is 0 Å². The third-order valence-corrected chi connectivity index (χ3v) is 5.05. The molecule has 0 bridgehead atoms. The minimum Gasteiger partial charge on any atom is -0.462 e. The minimum atomic E-state index is -0.351. The second kappa shape index (κ2) is 8.13. The number of aliphatic imine (C=N–C) groups is 1. The van der Waals surface area contributed by atoms with Crippen LogP contribution in [0.3, 0.4) is 0 Å². The molecule has 1 aromatic heterocycles. The molecule has 0 spiro atoms. The fourth-order valence-electron chi connectivity index (χ4n) is 3.30. The Morgan fingerprint density at radius 2 is 2.25 bits per heavy atom. The van der Waals surface area contributed by atoms with Crippen molar-refractivity contribution in [3.8, 4) is 0 Å². The highest BCUT2D eigenvalue weighted by molar-refractivity contribution is 6.17. The van der Waals surface area contributed by atoms with Crippen molar-refractivity contribution in [2.45, 2.75) is 39.3 Å². The maximum absolute atomic E-state index is 12.3. The molecule has 1 fully saturated rings. The van der Waals surface area contributed by atoms with Gasteiger partial charge in [-0.2, -0.15) is 5.10 Å². The summed E-state index contributed by atoms with van der Waals surface area (Å²) in [7, 11) is 0. The summed E-state index contributed by atoms with van der Waals surface area (Å²) in [6.07, 6.45) is 13.7. The Morgan fingerprint density at radius 3 is 3.00 bits per heavy atom. The van der Waals surface area contributed by atoms with Crippen molar-refractivity contribution in [2.24, 2.45) is 16.8 Å². The van der Waals surface area contributed by atoms with Crippen LogP contribution in [-0.4, -0.2) is 41.3 Å². The zero-order valence-electron chi connectivity index (χ0n) is 16.3. The third-order valence-electron chi connectivity index (χ3n) is 5.05. The number of hydrogen-bond acceptors (Lipinski definition) is 5. The van der Waals surface area contributed by atoms with Gasteiger partial charge in [-0.25, -0.2) is 4.79 Å². The Labute approximate surface area is 164 Å². The Hall–Kier alpha value is -2.69. The molecule has 0 radical (unpaired) electrons. The fourth-order valence-corrected chi connectivity index (χ4v) is 3.30. The van der Waals surface area contributed by atoms with Crippen molar-refractivity contribution in [3.63, 3.8) is 0 Å². The molecule has 0 amide bonds. The third kappa shape index (κ3) is 4.24. The number of ether oxygens (including phenoxy) is 2. The molecular weight excluding hydrogens is 354 g/mol. The molecule has 28 heavy (non-hydrogen) atoms. The summed E-state index contributed by atoms with van der Waals surface area (Å²) in [6.45, 7) is 5.65. The quantitative estimate of drug-likeness (QED) is 0.538. The monoisotopic (exact) mass is 379 g/mol. The topological polar surface area (TPSA) is 65.7 Å². The SMILES string of the molecule is CCOC(=O)C1=CC=C=Cc2nn(CC3=CC(C)C(OCC4CC4)C=N3)cc21. The molecule has 6 heteroatoms. The molecule has 0 N–H and O–H groups in total. The average Bonchev–Trinajstić information content (AvgIpc) is 3.45. The van der Waals surface area contributed by atoms with E-state index in [-0.39, 0.29) is 18.0 Å². The lowest BCUT2D eigenvalue weighted by Crippen LogP contribution is -2.26. The molecule has 1 aliphatic heterocycles. The summed E-state index contributed by atoms with van der Waals surface area (Å²) in [6, 6.07) is 0. The van der Waals surface area contributed by atoms with E-state index in [9.17, 15) is 4.79 Å². The minimum absolute atomic E-state index is 0.0464. The Kier molecular flexibility index (Phi) is 5.42. The molecule has 2 aliphatic carbocycles. The smallest absolute Gasteiger partial charge is 0.338 e. The second-order valence-corrected chi connectivity index (χ2v) is 7.44. The van der Waals surface area contributed by atoms with E-state index in [0.29, 0.717) is 24.4 Å². The number of esters is 1. The lowest BCUT2D eigenvalue weighted by molar-refractivity contribution is -0.136. The molecule has 1 aromatic rings. The second-order valence-electron chi connectivity index (χ2n) is 7.44.